The average Bonchev–Trinajstić information content (AvgIpc) is 2.97. The van der Waals surface area contributed by atoms with Gasteiger partial charge in [0.1, 0.15) is 28.7 Å². The Morgan fingerprint density at radius 2 is 1.32 bits per heavy atom. The minimum atomic E-state index is -1.55. The summed E-state index contributed by atoms with van der Waals surface area (Å²) in [7, 11) is 1.60. The van der Waals surface area contributed by atoms with Crippen molar-refractivity contribution in [1.82, 2.24) is 0 Å². The molecule has 5 nitrogen and oxygen atoms in total. The number of methoxy groups -OCH3 is 1. The predicted octanol–water partition coefficient (Wildman–Crippen LogP) is 6.79. The van der Waals surface area contributed by atoms with E-state index in [2.05, 4.69) is 0 Å². The second-order valence-corrected chi connectivity index (χ2v) is 9.87. The van der Waals surface area contributed by atoms with E-state index in [1.807, 2.05) is 55.5 Å². The van der Waals surface area contributed by atoms with Gasteiger partial charge in [-0.25, -0.2) is 8.78 Å². The fourth-order valence-electron chi connectivity index (χ4n) is 5.44. The maximum Gasteiger partial charge on any atom is 0.233 e. The molecule has 4 aromatic carbocycles. The molecule has 2 unspecified atom stereocenters. The molecule has 1 aliphatic rings. The Balaban J connectivity index is 1.47. The molecular formula is C33H31F2NO4. The van der Waals surface area contributed by atoms with E-state index in [0.29, 0.717) is 29.9 Å². The van der Waals surface area contributed by atoms with Crippen LogP contribution in [0.4, 0.5) is 14.5 Å². The van der Waals surface area contributed by atoms with E-state index in [9.17, 15) is 18.7 Å². The van der Waals surface area contributed by atoms with Crippen molar-refractivity contribution in [2.45, 2.75) is 31.4 Å². The molecule has 4 aromatic rings. The topological polar surface area (TPSA) is 59.0 Å². The van der Waals surface area contributed by atoms with Gasteiger partial charge in [-0.05, 0) is 97.1 Å². The molecule has 7 heteroatoms. The summed E-state index contributed by atoms with van der Waals surface area (Å²) in [6.45, 7) is 2.46. The van der Waals surface area contributed by atoms with Gasteiger partial charge in [-0.3, -0.25) is 4.79 Å². The van der Waals surface area contributed by atoms with Crippen LogP contribution in [-0.4, -0.2) is 24.7 Å². The van der Waals surface area contributed by atoms with Crippen molar-refractivity contribution < 1.29 is 28.2 Å². The standard InChI is InChI=1S/C33H31F2NO4/c1-3-40-29-18-14-27(15-19-29)36-31(22-4-16-28(39-2)17-5-22)30(32(36)37)20-21-33(38,23-6-10-25(34)11-7-23)24-8-12-26(35)13-9-24/h4-19,30-31,38H,3,20-21H2,1-2H3. The van der Waals surface area contributed by atoms with E-state index in [0.717, 1.165) is 17.0 Å². The smallest absolute Gasteiger partial charge is 0.233 e. The number of hydrogen-bond acceptors (Lipinski definition) is 4. The summed E-state index contributed by atoms with van der Waals surface area (Å²) in [4.78, 5) is 15.4. The molecule has 1 fully saturated rings. The average molecular weight is 544 g/mol. The van der Waals surface area contributed by atoms with Crippen LogP contribution >= 0.6 is 0 Å². The first kappa shape index (κ1) is 27.3. The summed E-state index contributed by atoms with van der Waals surface area (Å²) in [5.41, 5.74) is 1.07. The summed E-state index contributed by atoms with van der Waals surface area (Å²) in [5, 5.41) is 12.0. The number of carbonyl (C=O) groups is 1. The molecule has 1 N–H and O–H groups in total. The number of nitrogens with zero attached hydrogens (tertiary/aromatic N) is 1. The number of amides is 1. The van der Waals surface area contributed by atoms with Crippen LogP contribution in [0.15, 0.2) is 97.1 Å². The number of halogens is 2. The number of rotatable bonds is 10. The Morgan fingerprint density at radius 3 is 1.82 bits per heavy atom. The second kappa shape index (κ2) is 11.5. The minimum absolute atomic E-state index is 0.0643. The fourth-order valence-corrected chi connectivity index (χ4v) is 5.44. The number of aliphatic hydroxyl groups is 1. The highest BCUT2D eigenvalue weighted by Gasteiger charge is 2.49. The minimum Gasteiger partial charge on any atom is -0.497 e. The van der Waals surface area contributed by atoms with E-state index in [1.54, 1.807) is 12.0 Å². The quantitative estimate of drug-likeness (QED) is 0.224. The summed E-state index contributed by atoms with van der Waals surface area (Å²) in [6, 6.07) is 26.0. The Hall–Kier alpha value is -4.23. The first-order valence-corrected chi connectivity index (χ1v) is 13.3. The van der Waals surface area contributed by atoms with Gasteiger partial charge >= 0.3 is 0 Å². The number of hydrogen-bond donors (Lipinski definition) is 1. The van der Waals surface area contributed by atoms with Crippen molar-refractivity contribution >= 4 is 11.6 Å². The first-order chi connectivity index (χ1) is 19.3. The molecule has 5 rings (SSSR count). The van der Waals surface area contributed by atoms with Crippen molar-refractivity contribution in [3.05, 3.63) is 125 Å². The predicted molar refractivity (Wildman–Crippen MR) is 149 cm³/mol. The molecule has 2 atom stereocenters. The molecule has 0 saturated carbocycles. The van der Waals surface area contributed by atoms with E-state index >= 15 is 0 Å². The van der Waals surface area contributed by atoms with Gasteiger partial charge in [-0.15, -0.1) is 0 Å². The van der Waals surface area contributed by atoms with E-state index < -0.39 is 23.2 Å². The molecule has 1 aliphatic heterocycles. The van der Waals surface area contributed by atoms with Crippen molar-refractivity contribution in [2.24, 2.45) is 5.92 Å². The second-order valence-electron chi connectivity index (χ2n) is 9.87. The molecule has 0 spiro atoms. The highest BCUT2D eigenvalue weighted by Crippen LogP contribution is 2.48. The summed E-state index contributed by atoms with van der Waals surface area (Å²) in [6.07, 6.45) is 0.513. The van der Waals surface area contributed by atoms with Crippen molar-refractivity contribution in [2.75, 3.05) is 18.6 Å². The van der Waals surface area contributed by atoms with Crippen LogP contribution < -0.4 is 14.4 Å². The van der Waals surface area contributed by atoms with Crippen LogP contribution in [0.5, 0.6) is 11.5 Å². The van der Waals surface area contributed by atoms with E-state index in [4.69, 9.17) is 9.47 Å². The first-order valence-electron chi connectivity index (χ1n) is 13.3. The van der Waals surface area contributed by atoms with Gasteiger partial charge in [0, 0.05) is 5.69 Å². The summed E-state index contributed by atoms with van der Waals surface area (Å²) in [5.74, 6) is 0.0915. The zero-order chi connectivity index (χ0) is 28.3. The molecule has 0 bridgehead atoms. The molecule has 1 saturated heterocycles. The largest absolute Gasteiger partial charge is 0.497 e. The fraction of sp³-hybridized carbons (Fsp3) is 0.242. The lowest BCUT2D eigenvalue weighted by atomic mass is 9.74. The van der Waals surface area contributed by atoms with Gasteiger partial charge in [0.2, 0.25) is 5.91 Å². The summed E-state index contributed by atoms with van der Waals surface area (Å²) >= 11 is 0. The van der Waals surface area contributed by atoms with Crippen LogP contribution in [0.1, 0.15) is 42.5 Å². The highest BCUT2D eigenvalue weighted by atomic mass is 19.1. The third kappa shape index (κ3) is 5.29. The maximum atomic E-state index is 13.7. The van der Waals surface area contributed by atoms with Crippen LogP contribution in [0.2, 0.25) is 0 Å². The van der Waals surface area contributed by atoms with Gasteiger partial charge in [0.15, 0.2) is 0 Å². The van der Waals surface area contributed by atoms with Gasteiger partial charge in [0.25, 0.3) is 0 Å². The zero-order valence-corrected chi connectivity index (χ0v) is 22.4. The summed E-state index contributed by atoms with van der Waals surface area (Å²) < 4.78 is 38.3. The maximum absolute atomic E-state index is 13.7. The number of ether oxygens (including phenoxy) is 2. The van der Waals surface area contributed by atoms with E-state index in [1.165, 1.54) is 48.5 Å². The third-order valence-electron chi connectivity index (χ3n) is 7.56. The number of benzene rings is 4. The molecule has 1 amide bonds. The molecular weight excluding hydrogens is 512 g/mol. The number of carbonyl (C=O) groups excluding carboxylic acids is 1. The molecule has 1 heterocycles. The highest BCUT2D eigenvalue weighted by molar-refractivity contribution is 6.03. The monoisotopic (exact) mass is 543 g/mol. The molecule has 0 aromatic heterocycles. The van der Waals surface area contributed by atoms with Gasteiger partial charge in [-0.2, -0.15) is 0 Å². The molecule has 0 aliphatic carbocycles. The van der Waals surface area contributed by atoms with Crippen molar-refractivity contribution in [3.63, 3.8) is 0 Å². The Labute approximate surface area is 232 Å². The van der Waals surface area contributed by atoms with Crippen molar-refractivity contribution in [3.8, 4) is 11.5 Å². The Bertz CT molecular complexity index is 1390. The zero-order valence-electron chi connectivity index (χ0n) is 22.4. The van der Waals surface area contributed by atoms with Crippen LogP contribution in [0, 0.1) is 17.6 Å². The molecule has 40 heavy (non-hydrogen) atoms. The van der Waals surface area contributed by atoms with Crippen LogP contribution in [0.25, 0.3) is 0 Å². The lowest BCUT2D eigenvalue weighted by Gasteiger charge is -2.48. The Morgan fingerprint density at radius 1 is 0.800 bits per heavy atom. The van der Waals surface area contributed by atoms with E-state index in [-0.39, 0.29) is 18.4 Å². The number of β-lactam (4-membered cyclic amide) rings is 1. The van der Waals surface area contributed by atoms with Gasteiger partial charge in [-0.1, -0.05) is 36.4 Å². The normalized spacial score (nSPS) is 16.9. The van der Waals surface area contributed by atoms with Gasteiger partial charge in [0.05, 0.1) is 25.7 Å². The van der Waals surface area contributed by atoms with Crippen molar-refractivity contribution in [1.29, 1.82) is 0 Å². The van der Waals surface area contributed by atoms with Gasteiger partial charge < -0.3 is 19.5 Å². The van der Waals surface area contributed by atoms with Crippen LogP contribution in [-0.2, 0) is 10.4 Å². The lowest BCUT2D eigenvalue weighted by molar-refractivity contribution is -0.131. The third-order valence-corrected chi connectivity index (χ3v) is 7.56. The van der Waals surface area contributed by atoms with Crippen LogP contribution in [0.3, 0.4) is 0 Å². The molecule has 0 radical (unpaired) electrons. The lowest BCUT2D eigenvalue weighted by Crippen LogP contribution is -2.55. The molecule has 206 valence electrons. The number of anilines is 1. The SMILES string of the molecule is CCOc1ccc(N2C(=O)C(CCC(O)(c3ccc(F)cc3)c3ccc(F)cc3)C2c2ccc(OC)cc2)cc1. The Kier molecular flexibility index (Phi) is 7.85.